The van der Waals surface area contributed by atoms with Crippen molar-refractivity contribution >= 4 is 35.0 Å². The van der Waals surface area contributed by atoms with Gasteiger partial charge in [0.1, 0.15) is 17.2 Å². The van der Waals surface area contributed by atoms with Crippen LogP contribution in [-0.4, -0.2) is 48.0 Å². The Kier molecular flexibility index (Phi) is 7.12. The molecule has 37 heavy (non-hydrogen) atoms. The number of nitrogens with one attached hydrogen (secondary N) is 1. The van der Waals surface area contributed by atoms with E-state index in [-0.39, 0.29) is 30.4 Å². The van der Waals surface area contributed by atoms with Gasteiger partial charge in [0.15, 0.2) is 6.10 Å². The van der Waals surface area contributed by atoms with E-state index < -0.39 is 6.10 Å². The van der Waals surface area contributed by atoms with Crippen molar-refractivity contribution < 1.29 is 28.6 Å². The molecule has 0 saturated carbocycles. The summed E-state index contributed by atoms with van der Waals surface area (Å²) in [4.78, 5) is 39.3. The summed E-state index contributed by atoms with van der Waals surface area (Å²) in [7, 11) is 0. The summed E-state index contributed by atoms with van der Waals surface area (Å²) in [5.74, 6) is 0.528. The maximum absolute atomic E-state index is 12.9. The summed E-state index contributed by atoms with van der Waals surface area (Å²) in [5.41, 5.74) is 1.26. The topological polar surface area (TPSA) is 94.2 Å². The Morgan fingerprint density at radius 2 is 1.68 bits per heavy atom. The van der Waals surface area contributed by atoms with Crippen molar-refractivity contribution in [1.82, 2.24) is 4.90 Å². The average Bonchev–Trinajstić information content (AvgIpc) is 3.49. The summed E-state index contributed by atoms with van der Waals surface area (Å²) in [6.45, 7) is 2.58. The number of ether oxygens (including phenoxy) is 3. The second-order valence-corrected chi connectivity index (χ2v) is 9.33. The molecule has 2 aliphatic rings. The molecule has 5 rings (SSSR count). The van der Waals surface area contributed by atoms with Crippen molar-refractivity contribution in [3.05, 3.63) is 82.9 Å². The Bertz CT molecular complexity index is 1320. The van der Waals surface area contributed by atoms with Crippen LogP contribution in [0.15, 0.2) is 66.7 Å². The number of anilines is 1. The molecule has 1 saturated heterocycles. The molecule has 2 atom stereocenters. The van der Waals surface area contributed by atoms with Crippen molar-refractivity contribution in [3.8, 4) is 17.2 Å². The zero-order chi connectivity index (χ0) is 25.9. The van der Waals surface area contributed by atoms with Crippen molar-refractivity contribution in [2.45, 2.75) is 32.0 Å². The summed E-state index contributed by atoms with van der Waals surface area (Å²) in [6.07, 6.45) is 0.948. The lowest BCUT2D eigenvalue weighted by Crippen LogP contribution is -2.36. The lowest BCUT2D eigenvalue weighted by molar-refractivity contribution is -0.122. The van der Waals surface area contributed by atoms with Gasteiger partial charge in [-0.1, -0.05) is 11.6 Å². The van der Waals surface area contributed by atoms with Gasteiger partial charge in [-0.15, -0.1) is 0 Å². The van der Waals surface area contributed by atoms with E-state index in [0.717, 1.165) is 12.8 Å². The largest absolute Gasteiger partial charge is 0.481 e. The molecule has 0 aliphatic carbocycles. The number of nitrogens with zero attached hydrogens (tertiary/aromatic N) is 1. The molecule has 190 valence electrons. The fourth-order valence-electron chi connectivity index (χ4n) is 4.25. The second-order valence-electron chi connectivity index (χ2n) is 8.89. The SMILES string of the molecule is CC(Oc1ccc(Cl)cc1)C(=O)Nc1ccc(Oc2ccc3c(c2)C(=O)N(CC2CCCO2)C3=O)cc1. The Labute approximate surface area is 219 Å². The van der Waals surface area contributed by atoms with E-state index in [1.807, 2.05) is 0 Å². The Balaban J connectivity index is 1.19. The van der Waals surface area contributed by atoms with Crippen LogP contribution in [0.3, 0.4) is 0 Å². The summed E-state index contributed by atoms with van der Waals surface area (Å²) in [6, 6.07) is 18.4. The fourth-order valence-corrected chi connectivity index (χ4v) is 4.37. The lowest BCUT2D eigenvalue weighted by Gasteiger charge is -2.17. The summed E-state index contributed by atoms with van der Waals surface area (Å²) >= 11 is 5.87. The number of carbonyl (C=O) groups is 3. The number of halogens is 1. The highest BCUT2D eigenvalue weighted by Gasteiger charge is 2.37. The van der Waals surface area contributed by atoms with Gasteiger partial charge in [-0.3, -0.25) is 19.3 Å². The minimum absolute atomic E-state index is 0.107. The predicted molar refractivity (Wildman–Crippen MR) is 137 cm³/mol. The maximum Gasteiger partial charge on any atom is 0.265 e. The molecular weight excluding hydrogens is 496 g/mol. The van der Waals surface area contributed by atoms with Gasteiger partial charge in [0, 0.05) is 17.3 Å². The van der Waals surface area contributed by atoms with E-state index in [0.29, 0.717) is 45.7 Å². The second kappa shape index (κ2) is 10.6. The Hall–Kier alpha value is -3.88. The molecule has 2 aliphatic heterocycles. The highest BCUT2D eigenvalue weighted by atomic mass is 35.5. The van der Waals surface area contributed by atoms with Crippen LogP contribution in [-0.2, 0) is 9.53 Å². The molecule has 9 heteroatoms. The van der Waals surface area contributed by atoms with E-state index >= 15 is 0 Å². The predicted octanol–water partition coefficient (Wildman–Crippen LogP) is 5.31. The normalized spacial score (nSPS) is 17.5. The minimum atomic E-state index is -0.719. The Morgan fingerprint density at radius 1 is 1.00 bits per heavy atom. The molecule has 1 N–H and O–H groups in total. The molecule has 0 aromatic heterocycles. The van der Waals surface area contributed by atoms with Gasteiger partial charge in [-0.2, -0.15) is 0 Å². The van der Waals surface area contributed by atoms with Gasteiger partial charge < -0.3 is 19.5 Å². The maximum atomic E-state index is 12.9. The van der Waals surface area contributed by atoms with Crippen molar-refractivity contribution in [1.29, 1.82) is 0 Å². The Morgan fingerprint density at radius 3 is 2.38 bits per heavy atom. The monoisotopic (exact) mass is 520 g/mol. The van der Waals surface area contributed by atoms with Gasteiger partial charge in [-0.05, 0) is 86.5 Å². The van der Waals surface area contributed by atoms with Gasteiger partial charge in [0.2, 0.25) is 0 Å². The van der Waals surface area contributed by atoms with Crippen LogP contribution in [0, 0.1) is 0 Å². The van der Waals surface area contributed by atoms with Gasteiger partial charge in [0.25, 0.3) is 17.7 Å². The third kappa shape index (κ3) is 5.60. The average molecular weight is 521 g/mol. The molecule has 8 nitrogen and oxygen atoms in total. The van der Waals surface area contributed by atoms with Crippen LogP contribution in [0.1, 0.15) is 40.5 Å². The van der Waals surface area contributed by atoms with Crippen LogP contribution >= 0.6 is 11.6 Å². The molecule has 3 aromatic carbocycles. The summed E-state index contributed by atoms with van der Waals surface area (Å²) in [5, 5.41) is 3.39. The van der Waals surface area contributed by atoms with Crippen LogP contribution in [0.5, 0.6) is 17.2 Å². The number of imide groups is 1. The standard InChI is InChI=1S/C28H25ClN2O6/c1-17(36-20-8-4-18(29)5-9-20)26(32)30-19-6-10-21(11-7-19)37-22-12-13-24-25(15-22)28(34)31(27(24)33)16-23-3-2-14-35-23/h4-13,15,17,23H,2-3,14,16H2,1H3,(H,30,32). The zero-order valence-corrected chi connectivity index (χ0v) is 20.9. The third-order valence-electron chi connectivity index (χ3n) is 6.21. The zero-order valence-electron chi connectivity index (χ0n) is 20.1. The molecular formula is C28H25ClN2O6. The molecule has 0 radical (unpaired) electrons. The first-order valence-electron chi connectivity index (χ1n) is 12.0. The van der Waals surface area contributed by atoms with Gasteiger partial charge in [0.05, 0.1) is 23.8 Å². The van der Waals surface area contributed by atoms with Crippen molar-refractivity contribution in [3.63, 3.8) is 0 Å². The summed E-state index contributed by atoms with van der Waals surface area (Å²) < 4.78 is 17.1. The smallest absolute Gasteiger partial charge is 0.265 e. The van der Waals surface area contributed by atoms with E-state index in [1.54, 1.807) is 73.7 Å². The quantitative estimate of drug-likeness (QED) is 0.404. The van der Waals surface area contributed by atoms with E-state index in [4.69, 9.17) is 25.8 Å². The third-order valence-corrected chi connectivity index (χ3v) is 6.46. The first kappa shape index (κ1) is 24.8. The number of fused-ring (bicyclic) bond motifs is 1. The highest BCUT2D eigenvalue weighted by molar-refractivity contribution is 6.30. The minimum Gasteiger partial charge on any atom is -0.481 e. The van der Waals surface area contributed by atoms with E-state index in [2.05, 4.69) is 5.32 Å². The molecule has 3 amide bonds. The van der Waals surface area contributed by atoms with Crippen molar-refractivity contribution in [2.24, 2.45) is 0 Å². The molecule has 3 aromatic rings. The number of carbonyl (C=O) groups excluding carboxylic acids is 3. The molecule has 2 heterocycles. The van der Waals surface area contributed by atoms with Crippen LogP contribution in [0.2, 0.25) is 5.02 Å². The first-order chi connectivity index (χ1) is 17.9. The molecule has 2 unspecified atom stereocenters. The van der Waals surface area contributed by atoms with Crippen LogP contribution in [0.25, 0.3) is 0 Å². The lowest BCUT2D eigenvalue weighted by atomic mass is 10.1. The number of hydrogen-bond donors (Lipinski definition) is 1. The molecule has 0 bridgehead atoms. The highest BCUT2D eigenvalue weighted by Crippen LogP contribution is 2.31. The van der Waals surface area contributed by atoms with Crippen LogP contribution in [0.4, 0.5) is 5.69 Å². The van der Waals surface area contributed by atoms with Crippen LogP contribution < -0.4 is 14.8 Å². The first-order valence-corrected chi connectivity index (χ1v) is 12.4. The number of hydrogen-bond acceptors (Lipinski definition) is 6. The fraction of sp³-hybridized carbons (Fsp3) is 0.250. The van der Waals surface area contributed by atoms with Gasteiger partial charge >= 0.3 is 0 Å². The van der Waals surface area contributed by atoms with Crippen molar-refractivity contribution in [2.75, 3.05) is 18.5 Å². The molecule has 1 fully saturated rings. The van der Waals surface area contributed by atoms with Gasteiger partial charge in [-0.25, -0.2) is 0 Å². The number of amides is 3. The van der Waals surface area contributed by atoms with E-state index in [1.165, 1.54) is 4.90 Å². The number of rotatable bonds is 8. The van der Waals surface area contributed by atoms with E-state index in [9.17, 15) is 14.4 Å². The number of benzene rings is 3. The molecule has 0 spiro atoms.